The molecule has 0 unspecified atom stereocenters. The van der Waals surface area contributed by atoms with E-state index in [1.54, 1.807) is 0 Å². The lowest BCUT2D eigenvalue weighted by molar-refractivity contribution is 0.0971. The molecule has 0 atom stereocenters. The molecule has 0 N–H and O–H groups in total. The van der Waals surface area contributed by atoms with E-state index in [9.17, 15) is 0 Å². The summed E-state index contributed by atoms with van der Waals surface area (Å²) in [6.07, 6.45) is 10.8. The molecule has 0 aromatic heterocycles. The first kappa shape index (κ1) is 15.9. The fourth-order valence-electron chi connectivity index (χ4n) is 3.14. The first-order chi connectivity index (χ1) is 7.93. The zero-order valence-electron chi connectivity index (χ0n) is 12.0. The molecule has 0 aliphatic heterocycles. The normalized spacial score (nSPS) is 30.5. The summed E-state index contributed by atoms with van der Waals surface area (Å²) in [6.45, 7) is 7.23. The van der Waals surface area contributed by atoms with Crippen LogP contribution in [0.1, 0.15) is 59.3 Å². The van der Waals surface area contributed by atoms with E-state index in [1.165, 1.54) is 49.6 Å². The van der Waals surface area contributed by atoms with Crippen LogP contribution >= 0.6 is 27.7 Å². The van der Waals surface area contributed by atoms with E-state index >= 15 is 0 Å². The number of alkyl halides is 1. The van der Waals surface area contributed by atoms with Crippen molar-refractivity contribution in [2.24, 2.45) is 16.7 Å². The number of rotatable bonds is 5. The van der Waals surface area contributed by atoms with Crippen molar-refractivity contribution < 1.29 is 0 Å². The predicted octanol–water partition coefficient (Wildman–Crippen LogP) is 5.75. The Bertz CT molecular complexity index is 211. The van der Waals surface area contributed by atoms with Crippen LogP contribution in [0.15, 0.2) is 0 Å². The van der Waals surface area contributed by atoms with Crippen LogP contribution in [0.2, 0.25) is 0 Å². The van der Waals surface area contributed by atoms with Gasteiger partial charge in [0.25, 0.3) is 0 Å². The second-order valence-electron chi connectivity index (χ2n) is 6.87. The Balaban J connectivity index is 2.45. The van der Waals surface area contributed by atoms with Crippen molar-refractivity contribution in [3.05, 3.63) is 0 Å². The minimum Gasteiger partial charge on any atom is -0.165 e. The molecular formula is C15H29BrS. The molecule has 1 saturated carbocycles. The summed E-state index contributed by atoms with van der Waals surface area (Å²) in [5.41, 5.74) is 1.13. The van der Waals surface area contributed by atoms with Crippen LogP contribution in [0, 0.1) is 16.7 Å². The van der Waals surface area contributed by atoms with Crippen molar-refractivity contribution >= 4 is 27.7 Å². The molecule has 1 fully saturated rings. The van der Waals surface area contributed by atoms with Gasteiger partial charge in [0, 0.05) is 5.33 Å². The monoisotopic (exact) mass is 320 g/mol. The largest absolute Gasteiger partial charge is 0.165 e. The third kappa shape index (κ3) is 4.78. The Morgan fingerprint density at radius 2 is 1.82 bits per heavy atom. The molecule has 0 aromatic carbocycles. The standard InChI is InChI=1S/C15H29BrS/c1-14(2,3)13-6-9-15(12-16,10-7-13)8-5-11-17-4/h13H,5-12H2,1-4H3. The first-order valence-corrected chi connectivity index (χ1v) is 9.50. The van der Waals surface area contributed by atoms with Crippen molar-refractivity contribution in [3.63, 3.8) is 0 Å². The van der Waals surface area contributed by atoms with Crippen molar-refractivity contribution in [2.75, 3.05) is 17.3 Å². The SMILES string of the molecule is CSCCCC1(CBr)CCC(C(C)(C)C)CC1. The lowest BCUT2D eigenvalue weighted by Gasteiger charge is -2.43. The number of thioether (sulfide) groups is 1. The van der Waals surface area contributed by atoms with Gasteiger partial charge in [0.2, 0.25) is 0 Å². The molecule has 0 aromatic rings. The molecule has 1 rings (SSSR count). The van der Waals surface area contributed by atoms with Crippen molar-refractivity contribution in [1.29, 1.82) is 0 Å². The summed E-state index contributed by atoms with van der Waals surface area (Å²) >= 11 is 5.77. The van der Waals surface area contributed by atoms with Gasteiger partial charge in [0.15, 0.2) is 0 Å². The summed E-state index contributed by atoms with van der Waals surface area (Å²) in [7, 11) is 0. The summed E-state index contributed by atoms with van der Waals surface area (Å²) in [6, 6.07) is 0. The van der Waals surface area contributed by atoms with Crippen LogP contribution in [-0.2, 0) is 0 Å². The zero-order chi connectivity index (χ0) is 12.9. The molecule has 0 amide bonds. The maximum absolute atomic E-state index is 3.78. The lowest BCUT2D eigenvalue weighted by Crippen LogP contribution is -2.33. The third-order valence-electron chi connectivity index (χ3n) is 4.61. The minimum atomic E-state index is 0.512. The van der Waals surface area contributed by atoms with E-state index in [-0.39, 0.29) is 0 Å². The topological polar surface area (TPSA) is 0 Å². The van der Waals surface area contributed by atoms with Gasteiger partial charge in [-0.25, -0.2) is 0 Å². The van der Waals surface area contributed by atoms with Crippen molar-refractivity contribution in [2.45, 2.75) is 59.3 Å². The predicted molar refractivity (Wildman–Crippen MR) is 85.3 cm³/mol. The molecule has 0 radical (unpaired) electrons. The fourth-order valence-corrected chi connectivity index (χ4v) is 4.41. The zero-order valence-corrected chi connectivity index (χ0v) is 14.4. The minimum absolute atomic E-state index is 0.512. The quantitative estimate of drug-likeness (QED) is 0.459. The Morgan fingerprint density at radius 1 is 1.24 bits per heavy atom. The van der Waals surface area contributed by atoms with E-state index in [0.29, 0.717) is 10.8 Å². The molecule has 102 valence electrons. The summed E-state index contributed by atoms with van der Waals surface area (Å²) in [4.78, 5) is 0. The number of hydrogen-bond acceptors (Lipinski definition) is 1. The van der Waals surface area contributed by atoms with Gasteiger partial charge in [-0.3, -0.25) is 0 Å². The molecule has 0 nitrogen and oxygen atoms in total. The van der Waals surface area contributed by atoms with Crippen molar-refractivity contribution in [3.8, 4) is 0 Å². The van der Waals surface area contributed by atoms with E-state index in [1.807, 2.05) is 11.8 Å². The maximum atomic E-state index is 3.78. The molecule has 0 saturated heterocycles. The van der Waals surface area contributed by atoms with Crippen molar-refractivity contribution in [1.82, 2.24) is 0 Å². The van der Waals surface area contributed by atoms with Gasteiger partial charge in [-0.2, -0.15) is 11.8 Å². The molecule has 2 heteroatoms. The van der Waals surface area contributed by atoms with Gasteiger partial charge in [-0.05, 0) is 67.3 Å². The van der Waals surface area contributed by atoms with Gasteiger partial charge in [-0.1, -0.05) is 36.7 Å². The van der Waals surface area contributed by atoms with Gasteiger partial charge in [0.1, 0.15) is 0 Å². The fraction of sp³-hybridized carbons (Fsp3) is 1.00. The summed E-state index contributed by atoms with van der Waals surface area (Å²) < 4.78 is 0. The van der Waals surface area contributed by atoms with E-state index in [4.69, 9.17) is 0 Å². The molecule has 0 heterocycles. The number of halogens is 1. The molecule has 0 bridgehead atoms. The van der Waals surface area contributed by atoms with E-state index < -0.39 is 0 Å². The van der Waals surface area contributed by atoms with Gasteiger partial charge in [-0.15, -0.1) is 0 Å². The molecule has 0 spiro atoms. The smallest absolute Gasteiger partial charge is 0.00879 e. The average Bonchev–Trinajstić information content (AvgIpc) is 2.29. The third-order valence-corrected chi connectivity index (χ3v) is 6.50. The van der Waals surface area contributed by atoms with Gasteiger partial charge >= 0.3 is 0 Å². The van der Waals surface area contributed by atoms with Crippen LogP contribution in [0.4, 0.5) is 0 Å². The maximum Gasteiger partial charge on any atom is 0.00879 e. The van der Waals surface area contributed by atoms with E-state index in [0.717, 1.165) is 5.92 Å². The van der Waals surface area contributed by atoms with Gasteiger partial charge in [0.05, 0.1) is 0 Å². The first-order valence-electron chi connectivity index (χ1n) is 6.98. The average molecular weight is 321 g/mol. The highest BCUT2D eigenvalue weighted by atomic mass is 79.9. The van der Waals surface area contributed by atoms with Crippen LogP contribution in [-0.4, -0.2) is 17.3 Å². The molecular weight excluding hydrogens is 292 g/mol. The van der Waals surface area contributed by atoms with Crippen LogP contribution < -0.4 is 0 Å². The Labute approximate surface area is 121 Å². The molecule has 17 heavy (non-hydrogen) atoms. The Kier molecular flexibility index (Phi) is 6.39. The highest BCUT2D eigenvalue weighted by molar-refractivity contribution is 9.09. The molecule has 1 aliphatic rings. The highest BCUT2D eigenvalue weighted by Crippen LogP contribution is 2.48. The van der Waals surface area contributed by atoms with Crippen LogP contribution in [0.25, 0.3) is 0 Å². The van der Waals surface area contributed by atoms with Crippen LogP contribution in [0.3, 0.4) is 0 Å². The summed E-state index contributed by atoms with van der Waals surface area (Å²) in [5.74, 6) is 2.27. The number of hydrogen-bond donors (Lipinski definition) is 0. The summed E-state index contributed by atoms with van der Waals surface area (Å²) in [5, 5.41) is 1.21. The second-order valence-corrected chi connectivity index (χ2v) is 8.42. The second kappa shape index (κ2) is 6.84. The Hall–Kier alpha value is 0.830. The lowest BCUT2D eigenvalue weighted by atomic mass is 9.63. The highest BCUT2D eigenvalue weighted by Gasteiger charge is 2.37. The van der Waals surface area contributed by atoms with Crippen LogP contribution in [0.5, 0.6) is 0 Å². The van der Waals surface area contributed by atoms with E-state index in [2.05, 4.69) is 43.0 Å². The molecule has 1 aliphatic carbocycles. The van der Waals surface area contributed by atoms with Gasteiger partial charge < -0.3 is 0 Å². The Morgan fingerprint density at radius 3 is 2.24 bits per heavy atom.